The number of hydrogen-bond acceptors (Lipinski definition) is 2. The number of methoxy groups -OCH3 is 1. The summed E-state index contributed by atoms with van der Waals surface area (Å²) in [4.78, 5) is 0. The molecule has 0 saturated heterocycles. The van der Waals surface area contributed by atoms with E-state index in [0.29, 0.717) is 12.0 Å². The summed E-state index contributed by atoms with van der Waals surface area (Å²) in [6.45, 7) is 3.83. The first-order valence-corrected chi connectivity index (χ1v) is 7.05. The van der Waals surface area contributed by atoms with Gasteiger partial charge in [-0.25, -0.2) is 4.39 Å². The van der Waals surface area contributed by atoms with Crippen molar-refractivity contribution in [1.29, 1.82) is 0 Å². The molecule has 0 aliphatic heterocycles. The van der Waals surface area contributed by atoms with Crippen molar-refractivity contribution in [1.82, 2.24) is 0 Å². The number of rotatable bonds is 5. The molecule has 0 fully saturated rings. The van der Waals surface area contributed by atoms with Crippen LogP contribution in [0, 0.1) is 19.7 Å². The minimum absolute atomic E-state index is 0.0134. The molecule has 2 rings (SSSR count). The third-order valence-corrected chi connectivity index (χ3v) is 3.81. The van der Waals surface area contributed by atoms with E-state index in [9.17, 15) is 9.50 Å². The molecule has 1 N–H and O–H groups in total. The lowest BCUT2D eigenvalue weighted by Crippen LogP contribution is -2.10. The zero-order chi connectivity index (χ0) is 15.4. The van der Waals surface area contributed by atoms with Gasteiger partial charge in [-0.3, -0.25) is 0 Å². The van der Waals surface area contributed by atoms with Gasteiger partial charge in [-0.05, 0) is 60.7 Å². The van der Waals surface area contributed by atoms with Crippen LogP contribution in [0.1, 0.15) is 28.2 Å². The van der Waals surface area contributed by atoms with Crippen molar-refractivity contribution in [3.63, 3.8) is 0 Å². The van der Waals surface area contributed by atoms with Crippen LogP contribution in [0.3, 0.4) is 0 Å². The summed E-state index contributed by atoms with van der Waals surface area (Å²) in [6, 6.07) is 11.0. The second-order valence-corrected chi connectivity index (χ2v) is 5.40. The summed E-state index contributed by atoms with van der Waals surface area (Å²) < 4.78 is 19.2. The molecule has 2 aromatic carbocycles. The highest BCUT2D eigenvalue weighted by atomic mass is 19.1. The van der Waals surface area contributed by atoms with Crippen LogP contribution in [-0.4, -0.2) is 18.8 Å². The van der Waals surface area contributed by atoms with Crippen LogP contribution < -0.4 is 4.74 Å². The van der Waals surface area contributed by atoms with Gasteiger partial charge in [0.15, 0.2) is 0 Å². The fraction of sp³-hybridized carbons (Fsp3) is 0.333. The predicted molar refractivity (Wildman–Crippen MR) is 82.4 cm³/mol. The van der Waals surface area contributed by atoms with Gasteiger partial charge < -0.3 is 9.84 Å². The van der Waals surface area contributed by atoms with E-state index >= 15 is 0 Å². The van der Waals surface area contributed by atoms with Crippen molar-refractivity contribution >= 4 is 0 Å². The van der Waals surface area contributed by atoms with Crippen molar-refractivity contribution < 1.29 is 14.2 Å². The zero-order valence-electron chi connectivity index (χ0n) is 12.7. The molecular weight excluding hydrogens is 267 g/mol. The van der Waals surface area contributed by atoms with Gasteiger partial charge >= 0.3 is 0 Å². The van der Waals surface area contributed by atoms with Crippen LogP contribution in [0.5, 0.6) is 5.75 Å². The van der Waals surface area contributed by atoms with Crippen molar-refractivity contribution in [2.24, 2.45) is 0 Å². The predicted octanol–water partition coefficient (Wildman–Crippen LogP) is 3.77. The average molecular weight is 288 g/mol. The first-order valence-electron chi connectivity index (χ1n) is 7.05. The molecule has 112 valence electrons. The van der Waals surface area contributed by atoms with Crippen LogP contribution in [0.2, 0.25) is 0 Å². The highest BCUT2D eigenvalue weighted by Crippen LogP contribution is 2.27. The number of halogens is 1. The summed E-state index contributed by atoms with van der Waals surface area (Å²) in [5, 5.41) is 9.68. The standard InChI is InChI=1S/C18H21FO2/c1-12-4-5-14(18(19)8-12)10-15(11-20)17-7-6-16(21-3)9-13(17)2/h4-9,15,20H,10-11H2,1-3H3. The summed E-state index contributed by atoms with van der Waals surface area (Å²) >= 11 is 0. The molecule has 0 amide bonds. The van der Waals surface area contributed by atoms with Gasteiger partial charge in [-0.15, -0.1) is 0 Å². The minimum atomic E-state index is -0.209. The van der Waals surface area contributed by atoms with Crippen molar-refractivity contribution in [3.8, 4) is 5.75 Å². The Labute approximate surface area is 125 Å². The molecule has 0 saturated carbocycles. The third-order valence-electron chi connectivity index (χ3n) is 3.81. The Morgan fingerprint density at radius 2 is 1.90 bits per heavy atom. The van der Waals surface area contributed by atoms with Crippen LogP contribution in [0.15, 0.2) is 36.4 Å². The molecule has 0 spiro atoms. The first kappa shape index (κ1) is 15.5. The molecule has 0 aliphatic rings. The van der Waals surface area contributed by atoms with Crippen LogP contribution in [0.25, 0.3) is 0 Å². The summed E-state index contributed by atoms with van der Waals surface area (Å²) in [7, 11) is 1.62. The number of hydrogen-bond donors (Lipinski definition) is 1. The normalized spacial score (nSPS) is 12.2. The Balaban J connectivity index is 2.27. The topological polar surface area (TPSA) is 29.5 Å². The summed E-state index contributed by atoms with van der Waals surface area (Å²) in [5.74, 6) is 0.460. The Morgan fingerprint density at radius 1 is 1.14 bits per heavy atom. The Kier molecular flexibility index (Phi) is 4.97. The van der Waals surface area contributed by atoms with Gasteiger partial charge in [0.05, 0.1) is 13.7 Å². The highest BCUT2D eigenvalue weighted by molar-refractivity contribution is 5.38. The quantitative estimate of drug-likeness (QED) is 0.907. The molecule has 0 aromatic heterocycles. The lowest BCUT2D eigenvalue weighted by Gasteiger charge is -2.18. The molecule has 21 heavy (non-hydrogen) atoms. The number of aliphatic hydroxyl groups is 1. The molecular formula is C18H21FO2. The van der Waals surface area contributed by atoms with E-state index in [1.54, 1.807) is 13.2 Å². The lowest BCUT2D eigenvalue weighted by molar-refractivity contribution is 0.263. The average Bonchev–Trinajstić information content (AvgIpc) is 2.47. The van der Waals surface area contributed by atoms with E-state index in [4.69, 9.17) is 4.74 Å². The van der Waals surface area contributed by atoms with E-state index < -0.39 is 0 Å². The highest BCUT2D eigenvalue weighted by Gasteiger charge is 2.16. The molecule has 0 bridgehead atoms. The summed E-state index contributed by atoms with van der Waals surface area (Å²) in [5.41, 5.74) is 3.60. The SMILES string of the molecule is COc1ccc(C(CO)Cc2ccc(C)cc2F)c(C)c1. The van der Waals surface area contributed by atoms with Crippen molar-refractivity contribution in [2.45, 2.75) is 26.2 Å². The van der Waals surface area contributed by atoms with Crippen molar-refractivity contribution in [3.05, 3.63) is 64.5 Å². The Morgan fingerprint density at radius 3 is 2.48 bits per heavy atom. The van der Waals surface area contributed by atoms with Crippen LogP contribution in [0.4, 0.5) is 4.39 Å². The van der Waals surface area contributed by atoms with E-state index in [1.165, 1.54) is 6.07 Å². The van der Waals surface area contributed by atoms with Crippen LogP contribution >= 0.6 is 0 Å². The maximum absolute atomic E-state index is 14.0. The monoisotopic (exact) mass is 288 g/mol. The maximum Gasteiger partial charge on any atom is 0.126 e. The van der Waals surface area contributed by atoms with Gasteiger partial charge in [-0.1, -0.05) is 18.2 Å². The van der Waals surface area contributed by atoms with Gasteiger partial charge in [0.2, 0.25) is 0 Å². The van der Waals surface area contributed by atoms with E-state index in [2.05, 4.69) is 0 Å². The summed E-state index contributed by atoms with van der Waals surface area (Å²) in [6.07, 6.45) is 0.482. The molecule has 0 heterocycles. The molecule has 2 aromatic rings. The molecule has 1 atom stereocenters. The van der Waals surface area contributed by atoms with Crippen LogP contribution in [-0.2, 0) is 6.42 Å². The Bertz CT molecular complexity index is 623. The van der Waals surface area contributed by atoms with E-state index in [0.717, 1.165) is 22.4 Å². The number of ether oxygens (including phenoxy) is 1. The molecule has 3 heteroatoms. The van der Waals surface area contributed by atoms with Crippen molar-refractivity contribution in [2.75, 3.05) is 13.7 Å². The molecule has 2 nitrogen and oxygen atoms in total. The second kappa shape index (κ2) is 6.72. The number of aliphatic hydroxyl groups excluding tert-OH is 1. The van der Waals surface area contributed by atoms with E-state index in [-0.39, 0.29) is 18.3 Å². The fourth-order valence-corrected chi connectivity index (χ4v) is 2.59. The fourth-order valence-electron chi connectivity index (χ4n) is 2.59. The second-order valence-electron chi connectivity index (χ2n) is 5.40. The van der Waals surface area contributed by atoms with E-state index in [1.807, 2.05) is 38.1 Å². The minimum Gasteiger partial charge on any atom is -0.497 e. The molecule has 0 radical (unpaired) electrons. The molecule has 0 aliphatic carbocycles. The van der Waals surface area contributed by atoms with Gasteiger partial charge in [-0.2, -0.15) is 0 Å². The van der Waals surface area contributed by atoms with Gasteiger partial charge in [0, 0.05) is 5.92 Å². The molecule has 1 unspecified atom stereocenters. The number of aryl methyl sites for hydroxylation is 2. The number of benzene rings is 2. The lowest BCUT2D eigenvalue weighted by atomic mass is 9.89. The largest absolute Gasteiger partial charge is 0.497 e. The zero-order valence-corrected chi connectivity index (χ0v) is 12.7. The van der Waals surface area contributed by atoms with Gasteiger partial charge in [0.1, 0.15) is 11.6 Å². The third kappa shape index (κ3) is 3.61. The smallest absolute Gasteiger partial charge is 0.126 e. The first-order chi connectivity index (χ1) is 10.0. The Hall–Kier alpha value is -1.87. The maximum atomic E-state index is 14.0. The van der Waals surface area contributed by atoms with Gasteiger partial charge in [0.25, 0.3) is 0 Å².